The molecule has 1 fully saturated rings. The standard InChI is InChI=1S/C17H22N2O3/c1-10(18-17(22)13-3-2-4-15(13)20)11-5-7-14-12(9-11)6-8-16(21)19-14/h5,7,9-10,13,15,20H,2-4,6,8H2,1H3,(H,18,22)(H,19,21). The lowest BCUT2D eigenvalue weighted by atomic mass is 9.97. The zero-order valence-electron chi connectivity index (χ0n) is 12.8. The molecule has 3 N–H and O–H groups in total. The van der Waals surface area contributed by atoms with Crippen molar-refractivity contribution in [2.75, 3.05) is 5.32 Å². The summed E-state index contributed by atoms with van der Waals surface area (Å²) in [5, 5.41) is 15.7. The van der Waals surface area contributed by atoms with Gasteiger partial charge in [0, 0.05) is 12.1 Å². The van der Waals surface area contributed by atoms with Crippen LogP contribution < -0.4 is 10.6 Å². The van der Waals surface area contributed by atoms with Crippen molar-refractivity contribution in [2.24, 2.45) is 5.92 Å². The minimum absolute atomic E-state index is 0.0526. The SMILES string of the molecule is CC(NC(=O)C1CCCC1O)c1ccc2c(c1)CCC(=O)N2. The van der Waals surface area contributed by atoms with E-state index in [0.717, 1.165) is 36.1 Å². The highest BCUT2D eigenvalue weighted by Crippen LogP contribution is 2.28. The quantitative estimate of drug-likeness (QED) is 0.798. The fourth-order valence-corrected chi connectivity index (χ4v) is 3.32. The first-order chi connectivity index (χ1) is 10.5. The Bertz CT molecular complexity index is 600. The van der Waals surface area contributed by atoms with Crippen molar-refractivity contribution in [1.82, 2.24) is 5.32 Å². The van der Waals surface area contributed by atoms with Gasteiger partial charge >= 0.3 is 0 Å². The number of amides is 2. The number of hydrogen-bond donors (Lipinski definition) is 3. The number of anilines is 1. The number of benzene rings is 1. The van der Waals surface area contributed by atoms with E-state index in [1.807, 2.05) is 25.1 Å². The van der Waals surface area contributed by atoms with Crippen LogP contribution in [0, 0.1) is 5.92 Å². The molecule has 22 heavy (non-hydrogen) atoms. The topological polar surface area (TPSA) is 78.4 Å². The molecule has 1 heterocycles. The number of aliphatic hydroxyl groups is 1. The molecule has 3 unspecified atom stereocenters. The zero-order valence-corrected chi connectivity index (χ0v) is 12.8. The number of aryl methyl sites for hydroxylation is 1. The van der Waals surface area contributed by atoms with Crippen molar-refractivity contribution in [1.29, 1.82) is 0 Å². The second-order valence-corrected chi connectivity index (χ2v) is 6.30. The molecule has 2 amide bonds. The number of fused-ring (bicyclic) bond motifs is 1. The summed E-state index contributed by atoms with van der Waals surface area (Å²) in [7, 11) is 0. The van der Waals surface area contributed by atoms with Crippen molar-refractivity contribution in [3.05, 3.63) is 29.3 Å². The second kappa shape index (κ2) is 6.08. The number of aliphatic hydroxyl groups excluding tert-OH is 1. The van der Waals surface area contributed by atoms with Crippen LogP contribution in [-0.4, -0.2) is 23.0 Å². The van der Waals surface area contributed by atoms with E-state index in [2.05, 4.69) is 10.6 Å². The third-order valence-electron chi connectivity index (χ3n) is 4.70. The molecule has 0 bridgehead atoms. The summed E-state index contributed by atoms with van der Waals surface area (Å²) in [6, 6.07) is 5.77. The first-order valence-corrected chi connectivity index (χ1v) is 7.95. The summed E-state index contributed by atoms with van der Waals surface area (Å²) >= 11 is 0. The lowest BCUT2D eigenvalue weighted by molar-refractivity contribution is -0.128. The highest BCUT2D eigenvalue weighted by atomic mass is 16.3. The Morgan fingerprint density at radius 3 is 2.91 bits per heavy atom. The monoisotopic (exact) mass is 302 g/mol. The molecule has 0 aromatic heterocycles. The predicted octanol–water partition coefficient (Wildman–Crippen LogP) is 1.91. The van der Waals surface area contributed by atoms with Crippen molar-refractivity contribution in [3.63, 3.8) is 0 Å². The van der Waals surface area contributed by atoms with E-state index in [0.29, 0.717) is 12.8 Å². The second-order valence-electron chi connectivity index (χ2n) is 6.30. The van der Waals surface area contributed by atoms with Crippen LogP contribution in [0.25, 0.3) is 0 Å². The summed E-state index contributed by atoms with van der Waals surface area (Å²) in [6.07, 6.45) is 3.11. The maximum Gasteiger partial charge on any atom is 0.226 e. The number of hydrogen-bond acceptors (Lipinski definition) is 3. The normalized spacial score (nSPS) is 25.3. The molecule has 3 atom stereocenters. The van der Waals surface area contributed by atoms with Gasteiger partial charge in [-0.1, -0.05) is 12.1 Å². The van der Waals surface area contributed by atoms with E-state index in [-0.39, 0.29) is 23.8 Å². The minimum Gasteiger partial charge on any atom is -0.392 e. The van der Waals surface area contributed by atoms with Crippen LogP contribution in [0.15, 0.2) is 18.2 Å². The van der Waals surface area contributed by atoms with Gasteiger partial charge in [0.1, 0.15) is 0 Å². The third-order valence-corrected chi connectivity index (χ3v) is 4.70. The first kappa shape index (κ1) is 15.0. The highest BCUT2D eigenvalue weighted by molar-refractivity contribution is 5.93. The molecule has 1 saturated carbocycles. The molecule has 1 aromatic rings. The molecule has 0 spiro atoms. The number of carbonyl (C=O) groups is 2. The van der Waals surface area contributed by atoms with Gasteiger partial charge in [-0.25, -0.2) is 0 Å². The molecular weight excluding hydrogens is 280 g/mol. The average molecular weight is 302 g/mol. The fourth-order valence-electron chi connectivity index (χ4n) is 3.32. The van der Waals surface area contributed by atoms with Gasteiger partial charge < -0.3 is 15.7 Å². The van der Waals surface area contributed by atoms with Crippen LogP contribution in [-0.2, 0) is 16.0 Å². The Balaban J connectivity index is 1.68. The van der Waals surface area contributed by atoms with Crippen LogP contribution in [0.1, 0.15) is 49.8 Å². The lowest BCUT2D eigenvalue weighted by Gasteiger charge is -2.22. The maximum absolute atomic E-state index is 12.2. The van der Waals surface area contributed by atoms with Crippen molar-refractivity contribution >= 4 is 17.5 Å². The number of nitrogens with one attached hydrogen (secondary N) is 2. The van der Waals surface area contributed by atoms with Gasteiger partial charge in [0.2, 0.25) is 11.8 Å². The van der Waals surface area contributed by atoms with E-state index in [1.165, 1.54) is 0 Å². The van der Waals surface area contributed by atoms with Gasteiger partial charge in [-0.3, -0.25) is 9.59 Å². The maximum atomic E-state index is 12.2. The van der Waals surface area contributed by atoms with Crippen molar-refractivity contribution < 1.29 is 14.7 Å². The molecule has 2 aliphatic rings. The molecule has 1 aromatic carbocycles. The average Bonchev–Trinajstić information content (AvgIpc) is 2.92. The van der Waals surface area contributed by atoms with Gasteiger partial charge in [0.15, 0.2) is 0 Å². The molecule has 0 saturated heterocycles. The minimum atomic E-state index is -0.508. The molecule has 5 nitrogen and oxygen atoms in total. The Morgan fingerprint density at radius 1 is 1.36 bits per heavy atom. The van der Waals surface area contributed by atoms with Crippen LogP contribution in [0.3, 0.4) is 0 Å². The van der Waals surface area contributed by atoms with Crippen molar-refractivity contribution in [2.45, 2.75) is 51.2 Å². The van der Waals surface area contributed by atoms with Crippen LogP contribution >= 0.6 is 0 Å². The van der Waals surface area contributed by atoms with E-state index in [1.54, 1.807) is 0 Å². The molecule has 0 radical (unpaired) electrons. The van der Waals surface area contributed by atoms with Gasteiger partial charge in [-0.15, -0.1) is 0 Å². The molecule has 1 aliphatic carbocycles. The fraction of sp³-hybridized carbons (Fsp3) is 0.529. The van der Waals surface area contributed by atoms with Gasteiger partial charge in [-0.2, -0.15) is 0 Å². The molecule has 1 aliphatic heterocycles. The first-order valence-electron chi connectivity index (χ1n) is 7.95. The third kappa shape index (κ3) is 2.99. The van der Waals surface area contributed by atoms with Crippen LogP contribution in [0.4, 0.5) is 5.69 Å². The van der Waals surface area contributed by atoms with E-state index >= 15 is 0 Å². The summed E-state index contributed by atoms with van der Waals surface area (Å²) in [5.41, 5.74) is 3.00. The summed E-state index contributed by atoms with van der Waals surface area (Å²) < 4.78 is 0. The summed E-state index contributed by atoms with van der Waals surface area (Å²) in [5.74, 6) is -0.292. The Hall–Kier alpha value is -1.88. The summed E-state index contributed by atoms with van der Waals surface area (Å²) in [4.78, 5) is 23.6. The van der Waals surface area contributed by atoms with E-state index < -0.39 is 6.10 Å². The van der Waals surface area contributed by atoms with Gasteiger partial charge in [0.25, 0.3) is 0 Å². The highest BCUT2D eigenvalue weighted by Gasteiger charge is 2.32. The molecule has 118 valence electrons. The smallest absolute Gasteiger partial charge is 0.226 e. The molecular formula is C17H22N2O3. The Kier molecular flexibility index (Phi) is 4.16. The molecule has 5 heteroatoms. The predicted molar refractivity (Wildman–Crippen MR) is 83.3 cm³/mol. The van der Waals surface area contributed by atoms with E-state index in [9.17, 15) is 14.7 Å². The van der Waals surface area contributed by atoms with Gasteiger partial charge in [-0.05, 0) is 49.8 Å². The number of carbonyl (C=O) groups excluding carboxylic acids is 2. The van der Waals surface area contributed by atoms with Crippen LogP contribution in [0.5, 0.6) is 0 Å². The zero-order chi connectivity index (χ0) is 15.7. The van der Waals surface area contributed by atoms with E-state index in [4.69, 9.17) is 0 Å². The van der Waals surface area contributed by atoms with Crippen LogP contribution in [0.2, 0.25) is 0 Å². The van der Waals surface area contributed by atoms with Gasteiger partial charge in [0.05, 0.1) is 18.1 Å². The summed E-state index contributed by atoms with van der Waals surface area (Å²) in [6.45, 7) is 1.95. The Morgan fingerprint density at radius 2 is 2.18 bits per heavy atom. The molecule has 3 rings (SSSR count). The van der Waals surface area contributed by atoms with Crippen molar-refractivity contribution in [3.8, 4) is 0 Å². The number of rotatable bonds is 3. The largest absolute Gasteiger partial charge is 0.392 e. The Labute approximate surface area is 130 Å². The lowest BCUT2D eigenvalue weighted by Crippen LogP contribution is -2.36.